The molecule has 0 aliphatic heterocycles. The third-order valence-corrected chi connectivity index (χ3v) is 5.96. The maximum atomic E-state index is 11.8. The maximum Gasteiger partial charge on any atom is 0.311 e. The van der Waals surface area contributed by atoms with Gasteiger partial charge in [0.05, 0.1) is 0 Å². The predicted molar refractivity (Wildman–Crippen MR) is 130 cm³/mol. The molecular weight excluding hydrogens is 368 g/mol. The van der Waals surface area contributed by atoms with Crippen LogP contribution in [0.25, 0.3) is 0 Å². The molecule has 0 aromatic heterocycles. The highest BCUT2D eigenvalue weighted by Gasteiger charge is 2.04. The van der Waals surface area contributed by atoms with E-state index < -0.39 is 0 Å². The van der Waals surface area contributed by atoms with E-state index in [0.717, 1.165) is 12.8 Å². The van der Waals surface area contributed by atoms with Gasteiger partial charge < -0.3 is 4.74 Å². The van der Waals surface area contributed by atoms with Gasteiger partial charge in [-0.2, -0.15) is 0 Å². The van der Waals surface area contributed by atoms with Crippen molar-refractivity contribution in [2.75, 3.05) is 0 Å². The SMILES string of the molecule is CCCCCCCCCCCCCCCCCCCCCC(=O)Oc1ccccc1. The largest absolute Gasteiger partial charge is 0.427 e. The molecule has 0 spiro atoms. The first-order valence-electron chi connectivity index (χ1n) is 13.1. The van der Waals surface area contributed by atoms with Crippen LogP contribution in [0.5, 0.6) is 5.75 Å². The summed E-state index contributed by atoms with van der Waals surface area (Å²) in [6, 6.07) is 9.36. The van der Waals surface area contributed by atoms with Gasteiger partial charge in [0, 0.05) is 6.42 Å². The monoisotopic (exact) mass is 416 g/mol. The van der Waals surface area contributed by atoms with E-state index >= 15 is 0 Å². The molecule has 172 valence electrons. The molecule has 1 aromatic rings. The second-order valence-corrected chi connectivity index (χ2v) is 8.90. The van der Waals surface area contributed by atoms with E-state index in [1.54, 1.807) is 0 Å². The van der Waals surface area contributed by atoms with E-state index in [4.69, 9.17) is 4.74 Å². The first-order valence-corrected chi connectivity index (χ1v) is 13.1. The van der Waals surface area contributed by atoms with Gasteiger partial charge >= 0.3 is 5.97 Å². The molecule has 0 bridgehead atoms. The number of carbonyl (C=O) groups is 1. The fourth-order valence-corrected chi connectivity index (χ4v) is 4.02. The van der Waals surface area contributed by atoms with Crippen molar-refractivity contribution in [3.63, 3.8) is 0 Å². The van der Waals surface area contributed by atoms with Gasteiger partial charge in [0.15, 0.2) is 0 Å². The van der Waals surface area contributed by atoms with Gasteiger partial charge in [0.25, 0.3) is 0 Å². The zero-order valence-corrected chi connectivity index (χ0v) is 19.8. The standard InChI is InChI=1S/C28H48O2/c1-2-3-4-5-6-7-8-9-10-11-12-13-14-15-16-17-18-19-23-26-28(29)30-27-24-21-20-22-25-27/h20-22,24-25H,2-19,23,26H2,1H3. The second kappa shape index (κ2) is 20.9. The summed E-state index contributed by atoms with van der Waals surface area (Å²) < 4.78 is 5.31. The third kappa shape index (κ3) is 17.5. The summed E-state index contributed by atoms with van der Waals surface area (Å²) in [5.41, 5.74) is 0. The van der Waals surface area contributed by atoms with Crippen LogP contribution in [-0.4, -0.2) is 5.97 Å². The van der Waals surface area contributed by atoms with Crippen LogP contribution in [0.3, 0.4) is 0 Å². The topological polar surface area (TPSA) is 26.3 Å². The van der Waals surface area contributed by atoms with E-state index in [0.29, 0.717) is 12.2 Å². The smallest absolute Gasteiger partial charge is 0.311 e. The lowest BCUT2D eigenvalue weighted by Gasteiger charge is -2.05. The number of hydrogen-bond donors (Lipinski definition) is 0. The molecule has 0 amide bonds. The Balaban J connectivity index is 1.72. The van der Waals surface area contributed by atoms with Crippen molar-refractivity contribution in [1.82, 2.24) is 0 Å². The molecule has 0 aliphatic rings. The highest BCUT2D eigenvalue weighted by molar-refractivity contribution is 5.72. The number of unbranched alkanes of at least 4 members (excludes halogenated alkanes) is 18. The number of hydrogen-bond acceptors (Lipinski definition) is 2. The van der Waals surface area contributed by atoms with Crippen molar-refractivity contribution < 1.29 is 9.53 Å². The van der Waals surface area contributed by atoms with Crippen molar-refractivity contribution in [1.29, 1.82) is 0 Å². The molecule has 2 nitrogen and oxygen atoms in total. The Bertz CT molecular complexity index is 483. The lowest BCUT2D eigenvalue weighted by Crippen LogP contribution is -2.07. The zero-order chi connectivity index (χ0) is 21.5. The number of esters is 1. The Morgan fingerprint density at radius 1 is 0.567 bits per heavy atom. The first-order chi connectivity index (χ1) is 14.8. The maximum absolute atomic E-state index is 11.8. The fraction of sp³-hybridized carbons (Fsp3) is 0.750. The molecular formula is C28H48O2. The van der Waals surface area contributed by atoms with Crippen LogP contribution in [0, 0.1) is 0 Å². The minimum atomic E-state index is -0.104. The van der Waals surface area contributed by atoms with Crippen LogP contribution >= 0.6 is 0 Å². The molecule has 0 saturated heterocycles. The van der Waals surface area contributed by atoms with Crippen LogP contribution in [0.4, 0.5) is 0 Å². The molecule has 0 fully saturated rings. The van der Waals surface area contributed by atoms with Crippen molar-refractivity contribution >= 4 is 5.97 Å². The van der Waals surface area contributed by atoms with E-state index in [-0.39, 0.29) is 5.97 Å². The summed E-state index contributed by atoms with van der Waals surface area (Å²) in [4.78, 5) is 11.8. The van der Waals surface area contributed by atoms with Crippen molar-refractivity contribution in [2.45, 2.75) is 135 Å². The predicted octanol–water partition coefficient (Wildman–Crippen LogP) is 9.41. The van der Waals surface area contributed by atoms with E-state index in [9.17, 15) is 4.79 Å². The molecule has 0 saturated carbocycles. The molecule has 30 heavy (non-hydrogen) atoms. The molecule has 0 unspecified atom stereocenters. The molecule has 2 heteroatoms. The molecule has 0 heterocycles. The van der Waals surface area contributed by atoms with Crippen LogP contribution in [0.2, 0.25) is 0 Å². The summed E-state index contributed by atoms with van der Waals surface area (Å²) >= 11 is 0. The zero-order valence-electron chi connectivity index (χ0n) is 19.8. The molecule has 1 rings (SSSR count). The van der Waals surface area contributed by atoms with Crippen molar-refractivity contribution in [2.24, 2.45) is 0 Å². The quantitative estimate of drug-likeness (QED) is 0.113. The molecule has 1 aromatic carbocycles. The van der Waals surface area contributed by atoms with Gasteiger partial charge in [0.1, 0.15) is 5.75 Å². The fourth-order valence-electron chi connectivity index (χ4n) is 4.02. The average Bonchev–Trinajstić information content (AvgIpc) is 2.76. The van der Waals surface area contributed by atoms with Gasteiger partial charge in [-0.1, -0.05) is 141 Å². The Morgan fingerprint density at radius 2 is 0.933 bits per heavy atom. The Morgan fingerprint density at radius 3 is 1.33 bits per heavy atom. The average molecular weight is 417 g/mol. The Labute approximate surface area is 187 Å². The van der Waals surface area contributed by atoms with Gasteiger partial charge in [-0.15, -0.1) is 0 Å². The van der Waals surface area contributed by atoms with E-state index in [1.165, 1.54) is 109 Å². The van der Waals surface area contributed by atoms with Gasteiger partial charge in [-0.3, -0.25) is 4.79 Å². The van der Waals surface area contributed by atoms with Crippen LogP contribution in [0.1, 0.15) is 135 Å². The minimum absolute atomic E-state index is 0.104. The summed E-state index contributed by atoms with van der Waals surface area (Å²) in [6.07, 6.45) is 26.6. The Kier molecular flexibility index (Phi) is 18.7. The summed E-state index contributed by atoms with van der Waals surface area (Å²) in [6.45, 7) is 2.29. The molecule has 0 aliphatic carbocycles. The first kappa shape index (κ1) is 26.7. The minimum Gasteiger partial charge on any atom is -0.427 e. The van der Waals surface area contributed by atoms with Gasteiger partial charge in [0.2, 0.25) is 0 Å². The lowest BCUT2D eigenvalue weighted by molar-refractivity contribution is -0.134. The number of para-hydroxylation sites is 1. The van der Waals surface area contributed by atoms with Gasteiger partial charge in [-0.25, -0.2) is 0 Å². The lowest BCUT2D eigenvalue weighted by atomic mass is 10.0. The Hall–Kier alpha value is -1.31. The van der Waals surface area contributed by atoms with Crippen molar-refractivity contribution in [3.8, 4) is 5.75 Å². The number of ether oxygens (including phenoxy) is 1. The van der Waals surface area contributed by atoms with Gasteiger partial charge in [-0.05, 0) is 18.6 Å². The van der Waals surface area contributed by atoms with Crippen LogP contribution in [0.15, 0.2) is 30.3 Å². The number of rotatable bonds is 21. The van der Waals surface area contributed by atoms with Crippen molar-refractivity contribution in [3.05, 3.63) is 30.3 Å². The molecule has 0 radical (unpaired) electrons. The number of carbonyl (C=O) groups excluding carboxylic acids is 1. The summed E-state index contributed by atoms with van der Waals surface area (Å²) in [7, 11) is 0. The summed E-state index contributed by atoms with van der Waals surface area (Å²) in [5, 5.41) is 0. The summed E-state index contributed by atoms with van der Waals surface area (Å²) in [5.74, 6) is 0.550. The highest BCUT2D eigenvalue weighted by atomic mass is 16.5. The normalized spacial score (nSPS) is 11.0. The second-order valence-electron chi connectivity index (χ2n) is 8.90. The highest BCUT2D eigenvalue weighted by Crippen LogP contribution is 2.15. The molecule has 0 N–H and O–H groups in total. The third-order valence-electron chi connectivity index (χ3n) is 5.96. The molecule has 0 atom stereocenters. The number of benzene rings is 1. The van der Waals surface area contributed by atoms with Crippen LogP contribution in [-0.2, 0) is 4.79 Å². The van der Waals surface area contributed by atoms with E-state index in [2.05, 4.69) is 6.92 Å². The van der Waals surface area contributed by atoms with Crippen LogP contribution < -0.4 is 4.74 Å². The van der Waals surface area contributed by atoms with E-state index in [1.807, 2.05) is 30.3 Å².